The smallest absolute Gasteiger partial charge is 0.243 e. The number of anilines is 1. The van der Waals surface area contributed by atoms with Gasteiger partial charge in [-0.05, 0) is 41.9 Å². The van der Waals surface area contributed by atoms with Crippen LogP contribution in [0.15, 0.2) is 27.3 Å². The van der Waals surface area contributed by atoms with Crippen molar-refractivity contribution in [1.82, 2.24) is 19.8 Å². The Hall–Kier alpha value is -1.89. The van der Waals surface area contributed by atoms with Crippen LogP contribution in [0.2, 0.25) is 0 Å². The molecule has 0 aliphatic rings. The Bertz CT molecular complexity index is 713. The summed E-state index contributed by atoms with van der Waals surface area (Å²) in [6, 6.07) is 3.83. The van der Waals surface area contributed by atoms with Crippen molar-refractivity contribution in [2.75, 3.05) is 5.32 Å². The molecule has 3 rings (SSSR count). The van der Waals surface area contributed by atoms with Crippen molar-refractivity contribution in [3.05, 3.63) is 39.8 Å². The van der Waals surface area contributed by atoms with Gasteiger partial charge in [-0.15, -0.1) is 5.10 Å². The second-order valence-corrected chi connectivity index (χ2v) is 5.16. The summed E-state index contributed by atoms with van der Waals surface area (Å²) in [4.78, 5) is 4.38. The van der Waals surface area contributed by atoms with Gasteiger partial charge in [0.05, 0.1) is 5.69 Å². The summed E-state index contributed by atoms with van der Waals surface area (Å²) in [5.41, 5.74) is 2.72. The molecule has 0 amide bonds. The van der Waals surface area contributed by atoms with Crippen LogP contribution in [-0.4, -0.2) is 19.8 Å². The maximum atomic E-state index is 5.12. The summed E-state index contributed by atoms with van der Waals surface area (Å²) in [6.07, 6.45) is 1.86. The van der Waals surface area contributed by atoms with Crippen molar-refractivity contribution in [1.29, 1.82) is 0 Å². The van der Waals surface area contributed by atoms with Gasteiger partial charge >= 0.3 is 0 Å². The van der Waals surface area contributed by atoms with E-state index in [9.17, 15) is 0 Å². The lowest BCUT2D eigenvalue weighted by Gasteiger charge is -2.00. The van der Waals surface area contributed by atoms with Gasteiger partial charge in [-0.1, -0.05) is 5.16 Å². The van der Waals surface area contributed by atoms with Crippen LogP contribution in [0, 0.1) is 13.8 Å². The van der Waals surface area contributed by atoms with E-state index in [2.05, 4.69) is 36.5 Å². The molecule has 3 aromatic heterocycles. The Kier molecular flexibility index (Phi) is 2.98. The van der Waals surface area contributed by atoms with E-state index >= 15 is 0 Å². The number of nitrogens with zero attached hydrogens (tertiary/aromatic N) is 4. The molecule has 0 bridgehead atoms. The molecule has 0 atom stereocenters. The number of hydrogen-bond donors (Lipinski definition) is 1. The fraction of sp³-hybridized carbons (Fsp3) is 0.250. The summed E-state index contributed by atoms with van der Waals surface area (Å²) in [6.45, 7) is 4.41. The molecular weight excluding hydrogens is 310 g/mol. The minimum atomic E-state index is 0.582. The van der Waals surface area contributed by atoms with Gasteiger partial charge in [0.25, 0.3) is 0 Å². The average Bonchev–Trinajstić information content (AvgIpc) is 2.91. The lowest BCUT2D eigenvalue weighted by molar-refractivity contribution is 0.392. The van der Waals surface area contributed by atoms with Crippen LogP contribution >= 0.6 is 15.9 Å². The maximum absolute atomic E-state index is 5.12. The minimum absolute atomic E-state index is 0.582. The third kappa shape index (κ3) is 2.33. The van der Waals surface area contributed by atoms with Gasteiger partial charge in [0.2, 0.25) is 5.95 Å². The summed E-state index contributed by atoms with van der Waals surface area (Å²) in [5, 5.41) is 11.4. The molecule has 19 heavy (non-hydrogen) atoms. The first-order valence-electron chi connectivity index (χ1n) is 5.81. The molecule has 3 heterocycles. The van der Waals surface area contributed by atoms with Crippen LogP contribution in [0.3, 0.4) is 0 Å². The molecule has 0 aromatic carbocycles. The Balaban J connectivity index is 1.82. The number of rotatable bonds is 3. The molecule has 0 unspecified atom stereocenters. The fourth-order valence-corrected chi connectivity index (χ4v) is 2.18. The van der Waals surface area contributed by atoms with E-state index in [1.807, 2.05) is 32.2 Å². The van der Waals surface area contributed by atoms with E-state index in [-0.39, 0.29) is 0 Å². The topological polar surface area (TPSA) is 68.2 Å². The molecule has 0 saturated heterocycles. The lowest BCUT2D eigenvalue weighted by atomic mass is 10.2. The number of fused-ring (bicyclic) bond motifs is 1. The van der Waals surface area contributed by atoms with E-state index in [1.54, 1.807) is 4.52 Å². The van der Waals surface area contributed by atoms with E-state index in [4.69, 9.17) is 4.52 Å². The summed E-state index contributed by atoms with van der Waals surface area (Å²) < 4.78 is 7.80. The number of hydrogen-bond acceptors (Lipinski definition) is 5. The normalized spacial score (nSPS) is 11.1. The van der Waals surface area contributed by atoms with Crippen LogP contribution in [0.25, 0.3) is 5.65 Å². The second kappa shape index (κ2) is 4.65. The molecule has 6 nitrogen and oxygen atoms in total. The first-order chi connectivity index (χ1) is 9.13. The van der Waals surface area contributed by atoms with Gasteiger partial charge in [0.1, 0.15) is 5.76 Å². The second-order valence-electron chi connectivity index (χ2n) is 4.24. The number of aromatic nitrogens is 4. The largest absolute Gasteiger partial charge is 0.361 e. The molecular formula is C12H12BrN5O. The fourth-order valence-electron chi connectivity index (χ4n) is 1.85. The van der Waals surface area contributed by atoms with E-state index in [1.165, 1.54) is 0 Å². The third-order valence-electron chi connectivity index (χ3n) is 2.90. The average molecular weight is 322 g/mol. The van der Waals surface area contributed by atoms with Crippen LogP contribution in [0.5, 0.6) is 0 Å². The van der Waals surface area contributed by atoms with Crippen LogP contribution in [-0.2, 0) is 6.54 Å². The van der Waals surface area contributed by atoms with Gasteiger partial charge in [-0.25, -0.2) is 4.52 Å². The Morgan fingerprint density at radius 3 is 2.95 bits per heavy atom. The quantitative estimate of drug-likeness (QED) is 0.803. The zero-order valence-electron chi connectivity index (χ0n) is 10.5. The van der Waals surface area contributed by atoms with Crippen molar-refractivity contribution in [2.45, 2.75) is 20.4 Å². The summed E-state index contributed by atoms with van der Waals surface area (Å²) >= 11 is 3.40. The van der Waals surface area contributed by atoms with Gasteiger partial charge in [-0.2, -0.15) is 4.98 Å². The molecule has 98 valence electrons. The number of halogens is 1. The van der Waals surface area contributed by atoms with Crippen LogP contribution in [0.1, 0.15) is 17.0 Å². The van der Waals surface area contributed by atoms with Gasteiger partial charge < -0.3 is 9.84 Å². The first kappa shape index (κ1) is 12.2. The van der Waals surface area contributed by atoms with Crippen LogP contribution < -0.4 is 5.32 Å². The number of aryl methyl sites for hydroxylation is 2. The minimum Gasteiger partial charge on any atom is -0.361 e. The first-order valence-corrected chi connectivity index (χ1v) is 6.60. The lowest BCUT2D eigenvalue weighted by Crippen LogP contribution is -2.03. The SMILES string of the molecule is Cc1noc(C)c1CNc1nc2ccc(Br)cn2n1. The number of nitrogens with one attached hydrogen (secondary N) is 1. The zero-order valence-corrected chi connectivity index (χ0v) is 12.1. The zero-order chi connectivity index (χ0) is 13.4. The predicted octanol–water partition coefficient (Wildman–Crippen LogP) is 2.71. The molecule has 0 spiro atoms. The summed E-state index contributed by atoms with van der Waals surface area (Å²) in [7, 11) is 0. The van der Waals surface area contributed by atoms with Crippen molar-refractivity contribution >= 4 is 27.5 Å². The Labute approximate surface area is 117 Å². The predicted molar refractivity (Wildman–Crippen MR) is 74.0 cm³/mol. The number of pyridine rings is 1. The van der Waals surface area contributed by atoms with Gasteiger partial charge in [0.15, 0.2) is 5.65 Å². The highest BCUT2D eigenvalue weighted by Crippen LogP contribution is 2.15. The Morgan fingerprint density at radius 1 is 1.37 bits per heavy atom. The van der Waals surface area contributed by atoms with Crippen molar-refractivity contribution in [3.63, 3.8) is 0 Å². The molecule has 3 aromatic rings. The highest BCUT2D eigenvalue weighted by atomic mass is 79.9. The maximum Gasteiger partial charge on any atom is 0.243 e. The van der Waals surface area contributed by atoms with Crippen molar-refractivity contribution < 1.29 is 4.52 Å². The highest BCUT2D eigenvalue weighted by Gasteiger charge is 2.10. The summed E-state index contributed by atoms with van der Waals surface area (Å²) in [5.74, 6) is 1.40. The van der Waals surface area contributed by atoms with Gasteiger partial charge in [0, 0.05) is 22.8 Å². The van der Waals surface area contributed by atoms with E-state index in [0.717, 1.165) is 27.1 Å². The van der Waals surface area contributed by atoms with Crippen molar-refractivity contribution in [2.24, 2.45) is 0 Å². The highest BCUT2D eigenvalue weighted by molar-refractivity contribution is 9.10. The molecule has 1 N–H and O–H groups in total. The molecule has 0 fully saturated rings. The van der Waals surface area contributed by atoms with Crippen LogP contribution in [0.4, 0.5) is 5.95 Å². The third-order valence-corrected chi connectivity index (χ3v) is 3.37. The van der Waals surface area contributed by atoms with E-state index in [0.29, 0.717) is 12.5 Å². The molecule has 7 heteroatoms. The molecule has 0 aliphatic heterocycles. The monoisotopic (exact) mass is 321 g/mol. The molecule has 0 saturated carbocycles. The van der Waals surface area contributed by atoms with E-state index < -0.39 is 0 Å². The molecule has 0 radical (unpaired) electrons. The van der Waals surface area contributed by atoms with Crippen molar-refractivity contribution in [3.8, 4) is 0 Å². The Morgan fingerprint density at radius 2 is 2.21 bits per heavy atom. The molecule has 0 aliphatic carbocycles. The standard InChI is InChI=1S/C12H12BrN5O/c1-7-10(8(2)19-17-7)5-14-12-15-11-4-3-9(13)6-18(11)16-12/h3-4,6H,5H2,1-2H3,(H,14,16). The van der Waals surface area contributed by atoms with Gasteiger partial charge in [-0.3, -0.25) is 0 Å².